The van der Waals surface area contributed by atoms with Crippen LogP contribution in [-0.2, 0) is 14.8 Å². The molecule has 3 rings (SSSR count). The molecule has 0 radical (unpaired) electrons. The summed E-state index contributed by atoms with van der Waals surface area (Å²) >= 11 is 0. The first-order valence-corrected chi connectivity index (χ1v) is 10.6. The zero-order chi connectivity index (χ0) is 20.0. The van der Waals surface area contributed by atoms with E-state index in [1.54, 1.807) is 24.3 Å². The Hall–Kier alpha value is -2.87. The third-order valence-electron chi connectivity index (χ3n) is 4.40. The number of likely N-dealkylation sites (tertiary alicyclic amines) is 1. The van der Waals surface area contributed by atoms with Gasteiger partial charge < -0.3 is 14.6 Å². The van der Waals surface area contributed by atoms with Crippen molar-refractivity contribution in [3.05, 3.63) is 54.5 Å². The topological polar surface area (TPSA) is 92.0 Å². The van der Waals surface area contributed by atoms with E-state index >= 15 is 0 Å². The van der Waals surface area contributed by atoms with Crippen LogP contribution in [0.2, 0.25) is 0 Å². The smallest absolute Gasteiger partial charge is 0.284 e. The number of rotatable bonds is 5. The summed E-state index contributed by atoms with van der Waals surface area (Å²) in [6, 6.07) is 9.54. The molecule has 0 atom stereocenters. The van der Waals surface area contributed by atoms with Crippen LogP contribution in [0.5, 0.6) is 0 Å². The van der Waals surface area contributed by atoms with Crippen LogP contribution in [-0.4, -0.2) is 38.7 Å². The van der Waals surface area contributed by atoms with Gasteiger partial charge in [0.25, 0.3) is 10.0 Å². The lowest BCUT2D eigenvalue weighted by Gasteiger charge is -2.17. The van der Waals surface area contributed by atoms with Crippen molar-refractivity contribution in [2.75, 3.05) is 18.9 Å². The minimum Gasteiger partial charge on any atom is -0.465 e. The Labute approximate surface area is 164 Å². The molecule has 1 aliphatic heterocycles. The van der Waals surface area contributed by atoms with E-state index in [0.29, 0.717) is 23.7 Å². The number of sulfonamides is 1. The molecule has 2 heterocycles. The summed E-state index contributed by atoms with van der Waals surface area (Å²) in [6.45, 7) is 0.798. The van der Waals surface area contributed by atoms with Crippen LogP contribution in [0, 0.1) is 0 Å². The highest BCUT2D eigenvalue weighted by Crippen LogP contribution is 2.20. The first-order valence-electron chi connectivity index (χ1n) is 9.12. The molecule has 0 aliphatic carbocycles. The van der Waals surface area contributed by atoms with Crippen molar-refractivity contribution in [3.63, 3.8) is 0 Å². The number of anilines is 1. The predicted octanol–water partition coefficient (Wildman–Crippen LogP) is 3.52. The molecule has 28 heavy (non-hydrogen) atoms. The molecule has 1 aromatic carbocycles. The normalized spacial score (nSPS) is 17.0. The van der Waals surface area contributed by atoms with Crippen molar-refractivity contribution in [3.8, 4) is 0 Å². The molecule has 1 aliphatic rings. The van der Waals surface area contributed by atoms with Crippen LogP contribution in [0.3, 0.4) is 0 Å². The Kier molecular flexibility index (Phi) is 6.30. The fourth-order valence-electron chi connectivity index (χ4n) is 2.90. The summed E-state index contributed by atoms with van der Waals surface area (Å²) in [5.41, 5.74) is 0.379. The summed E-state index contributed by atoms with van der Waals surface area (Å²) in [7, 11) is -1.99. The van der Waals surface area contributed by atoms with Crippen molar-refractivity contribution in [2.45, 2.75) is 30.6 Å². The van der Waals surface area contributed by atoms with E-state index in [4.69, 9.17) is 4.42 Å². The number of carbonyl (C=O) groups is 1. The first kappa shape index (κ1) is 19.9. The van der Waals surface area contributed by atoms with Gasteiger partial charge in [-0.1, -0.05) is 12.5 Å². The van der Waals surface area contributed by atoms with Crippen molar-refractivity contribution in [1.29, 1.82) is 0 Å². The second-order valence-electron chi connectivity index (χ2n) is 6.58. The molecule has 0 bridgehead atoms. The highest BCUT2D eigenvalue weighted by atomic mass is 32.2. The Balaban J connectivity index is 1.75. The number of amidine groups is 1. The molecule has 1 saturated heterocycles. The van der Waals surface area contributed by atoms with Crippen LogP contribution in [0.4, 0.5) is 5.69 Å². The predicted molar refractivity (Wildman–Crippen MR) is 109 cm³/mol. The van der Waals surface area contributed by atoms with Gasteiger partial charge in [-0.3, -0.25) is 4.79 Å². The number of benzene rings is 1. The summed E-state index contributed by atoms with van der Waals surface area (Å²) in [6.07, 6.45) is 8.03. The van der Waals surface area contributed by atoms with Crippen LogP contribution >= 0.6 is 0 Å². The fourth-order valence-corrected chi connectivity index (χ4v) is 4.04. The van der Waals surface area contributed by atoms with Gasteiger partial charge in [0, 0.05) is 31.8 Å². The van der Waals surface area contributed by atoms with Crippen LogP contribution in [0.15, 0.2) is 62.4 Å². The van der Waals surface area contributed by atoms with Gasteiger partial charge in [0.1, 0.15) is 11.6 Å². The molecule has 8 heteroatoms. The third-order valence-corrected chi connectivity index (χ3v) is 5.70. The molecule has 2 aromatic rings. The van der Waals surface area contributed by atoms with Gasteiger partial charge in [-0.2, -0.15) is 8.42 Å². The maximum atomic E-state index is 12.7. The van der Waals surface area contributed by atoms with E-state index < -0.39 is 10.0 Å². The van der Waals surface area contributed by atoms with Gasteiger partial charge >= 0.3 is 0 Å². The van der Waals surface area contributed by atoms with E-state index in [2.05, 4.69) is 9.71 Å². The molecule has 0 unspecified atom stereocenters. The highest BCUT2D eigenvalue weighted by Gasteiger charge is 2.18. The molecule has 7 nitrogen and oxygen atoms in total. The lowest BCUT2D eigenvalue weighted by atomic mass is 10.2. The van der Waals surface area contributed by atoms with Gasteiger partial charge in [0.2, 0.25) is 5.91 Å². The van der Waals surface area contributed by atoms with E-state index in [1.165, 1.54) is 30.5 Å². The Morgan fingerprint density at radius 1 is 1.21 bits per heavy atom. The zero-order valence-corrected chi connectivity index (χ0v) is 16.5. The number of carbonyl (C=O) groups excluding carboxylic acids is 1. The number of hydrogen-bond acceptors (Lipinski definition) is 4. The number of furan rings is 1. The van der Waals surface area contributed by atoms with E-state index in [0.717, 1.165) is 25.8 Å². The maximum Gasteiger partial charge on any atom is 0.284 e. The lowest BCUT2D eigenvalue weighted by molar-refractivity contribution is -0.111. The summed E-state index contributed by atoms with van der Waals surface area (Å²) in [4.78, 5) is 14.0. The summed E-state index contributed by atoms with van der Waals surface area (Å²) in [5, 5.41) is 2.65. The first-order chi connectivity index (χ1) is 13.4. The average molecular weight is 401 g/mol. The van der Waals surface area contributed by atoms with Crippen LogP contribution < -0.4 is 5.32 Å². The second-order valence-corrected chi connectivity index (χ2v) is 8.18. The SMILES string of the molecule is CN1CCCCC/C1=N/S(=O)(=O)c1cccc(NC(=O)/C=C/c2ccco2)c1. The van der Waals surface area contributed by atoms with E-state index in [1.807, 2.05) is 11.9 Å². The lowest BCUT2D eigenvalue weighted by Crippen LogP contribution is -2.26. The summed E-state index contributed by atoms with van der Waals surface area (Å²) < 4.78 is 34.6. The molecule has 148 valence electrons. The third kappa shape index (κ3) is 5.32. The Morgan fingerprint density at radius 3 is 2.86 bits per heavy atom. The standard InChI is InChI=1S/C20H23N3O4S/c1-23-13-4-2-3-10-19(23)22-28(25,26)18-9-5-7-16(15-18)21-20(24)12-11-17-8-6-14-27-17/h5-9,11-12,14-15H,2-4,10,13H2,1H3,(H,21,24)/b12-11+,22-19-. The zero-order valence-electron chi connectivity index (χ0n) is 15.7. The van der Waals surface area contributed by atoms with Gasteiger partial charge in [0.05, 0.1) is 11.2 Å². The van der Waals surface area contributed by atoms with Gasteiger partial charge in [-0.15, -0.1) is 4.40 Å². The highest BCUT2D eigenvalue weighted by molar-refractivity contribution is 7.90. The van der Waals surface area contributed by atoms with Gasteiger partial charge in [-0.05, 0) is 49.2 Å². The van der Waals surface area contributed by atoms with Crippen molar-refractivity contribution in [2.24, 2.45) is 4.40 Å². The van der Waals surface area contributed by atoms with E-state index in [9.17, 15) is 13.2 Å². The number of amides is 1. The summed E-state index contributed by atoms with van der Waals surface area (Å²) in [5.74, 6) is 0.740. The minimum absolute atomic E-state index is 0.0467. The van der Waals surface area contributed by atoms with Crippen molar-refractivity contribution in [1.82, 2.24) is 4.90 Å². The van der Waals surface area contributed by atoms with Crippen LogP contribution in [0.25, 0.3) is 6.08 Å². The van der Waals surface area contributed by atoms with Gasteiger partial charge in [0.15, 0.2) is 0 Å². The van der Waals surface area contributed by atoms with E-state index in [-0.39, 0.29) is 10.8 Å². The van der Waals surface area contributed by atoms with Crippen LogP contribution in [0.1, 0.15) is 31.4 Å². The monoisotopic (exact) mass is 401 g/mol. The molecule has 1 fully saturated rings. The quantitative estimate of drug-likeness (QED) is 0.774. The molecular weight excluding hydrogens is 378 g/mol. The van der Waals surface area contributed by atoms with Gasteiger partial charge in [-0.25, -0.2) is 0 Å². The number of hydrogen-bond donors (Lipinski definition) is 1. The fraction of sp³-hybridized carbons (Fsp3) is 0.300. The Morgan fingerprint density at radius 2 is 2.07 bits per heavy atom. The molecule has 0 spiro atoms. The maximum absolute atomic E-state index is 12.7. The Bertz CT molecular complexity index is 979. The van der Waals surface area contributed by atoms with Crippen molar-refractivity contribution < 1.29 is 17.6 Å². The molecular formula is C20H23N3O4S. The minimum atomic E-state index is -3.85. The molecule has 1 aromatic heterocycles. The molecule has 1 N–H and O–H groups in total. The number of nitrogens with one attached hydrogen (secondary N) is 1. The van der Waals surface area contributed by atoms with Crippen molar-refractivity contribution >= 4 is 33.5 Å². The molecule has 1 amide bonds. The largest absolute Gasteiger partial charge is 0.465 e. The number of nitrogens with zero attached hydrogens (tertiary/aromatic N) is 2. The average Bonchev–Trinajstić information content (AvgIpc) is 3.11. The second kappa shape index (κ2) is 8.88. The molecule has 0 saturated carbocycles.